The van der Waals surface area contributed by atoms with Gasteiger partial charge in [0.15, 0.2) is 5.82 Å². The summed E-state index contributed by atoms with van der Waals surface area (Å²) in [6.07, 6.45) is 0. The number of hydrogen-bond acceptors (Lipinski definition) is 5. The molecule has 1 aromatic heterocycles. The van der Waals surface area contributed by atoms with Crippen LogP contribution in [0.2, 0.25) is 0 Å². The number of hydrogen-bond donors (Lipinski definition) is 1. The van der Waals surface area contributed by atoms with Crippen molar-refractivity contribution in [3.8, 4) is 0 Å². The number of benzene rings is 1. The molecule has 0 aliphatic carbocycles. The molecule has 2 aromatic rings. The molecule has 1 N–H and O–H groups in total. The Morgan fingerprint density at radius 1 is 1.38 bits per heavy atom. The van der Waals surface area contributed by atoms with Crippen LogP contribution < -0.4 is 5.32 Å². The summed E-state index contributed by atoms with van der Waals surface area (Å²) in [7, 11) is 0. The Balaban J connectivity index is 0.00000208. The lowest BCUT2D eigenvalue weighted by molar-refractivity contribution is 0.148. The van der Waals surface area contributed by atoms with Gasteiger partial charge in [-0.2, -0.15) is 4.98 Å². The molecule has 0 amide bonds. The van der Waals surface area contributed by atoms with Gasteiger partial charge in [-0.15, -0.1) is 12.4 Å². The number of rotatable bonds is 3. The smallest absolute Gasteiger partial charge is 0.232 e. The predicted molar refractivity (Wildman–Crippen MR) is 92.7 cm³/mol. The fourth-order valence-corrected chi connectivity index (χ4v) is 2.78. The van der Waals surface area contributed by atoms with Gasteiger partial charge in [-0.25, -0.2) is 4.39 Å². The van der Waals surface area contributed by atoms with Gasteiger partial charge in [-0.3, -0.25) is 4.90 Å². The summed E-state index contributed by atoms with van der Waals surface area (Å²) in [4.78, 5) is 6.77. The van der Waals surface area contributed by atoms with E-state index in [1.165, 1.54) is 6.07 Å². The van der Waals surface area contributed by atoms with Crippen LogP contribution in [0.15, 0.2) is 28.8 Å². The number of aromatic nitrogens is 2. The second-order valence-corrected chi connectivity index (χ2v) is 7.01. The molecule has 1 aromatic carbocycles. The third-order valence-corrected chi connectivity index (χ3v) is 4.04. The van der Waals surface area contributed by atoms with Crippen molar-refractivity contribution in [1.82, 2.24) is 20.4 Å². The van der Waals surface area contributed by atoms with Crippen LogP contribution in [0.1, 0.15) is 44.1 Å². The van der Waals surface area contributed by atoms with E-state index in [1.807, 2.05) is 26.8 Å². The third-order valence-electron chi connectivity index (χ3n) is 4.04. The minimum atomic E-state index is -0.206. The molecule has 1 fully saturated rings. The van der Waals surface area contributed by atoms with Gasteiger partial charge in [0.1, 0.15) is 5.82 Å². The summed E-state index contributed by atoms with van der Waals surface area (Å²) in [5, 5.41) is 7.47. The molecule has 132 valence electrons. The monoisotopic (exact) mass is 354 g/mol. The molecule has 3 rings (SSSR count). The van der Waals surface area contributed by atoms with E-state index in [0.29, 0.717) is 18.3 Å². The molecule has 0 spiro atoms. The molecular weight excluding hydrogens is 331 g/mol. The zero-order valence-electron chi connectivity index (χ0n) is 14.3. The Labute approximate surface area is 148 Å². The minimum absolute atomic E-state index is 0. The highest BCUT2D eigenvalue weighted by atomic mass is 35.5. The van der Waals surface area contributed by atoms with Gasteiger partial charge in [-0.1, -0.05) is 38.1 Å². The van der Waals surface area contributed by atoms with E-state index in [9.17, 15) is 4.39 Å². The Morgan fingerprint density at radius 3 is 2.83 bits per heavy atom. The first-order valence-corrected chi connectivity index (χ1v) is 7.97. The van der Waals surface area contributed by atoms with Gasteiger partial charge in [0.25, 0.3) is 0 Å². The van der Waals surface area contributed by atoms with Crippen LogP contribution in [-0.2, 0) is 12.0 Å². The van der Waals surface area contributed by atoms with Gasteiger partial charge in [0.05, 0.1) is 6.54 Å². The largest absolute Gasteiger partial charge is 0.339 e. The van der Waals surface area contributed by atoms with E-state index >= 15 is 0 Å². The SMILES string of the molecule is CC(C)(C)c1nc(CN2CCNCC2c2cccc(F)c2)no1.Cl. The van der Waals surface area contributed by atoms with Gasteiger partial charge in [0.2, 0.25) is 5.89 Å². The maximum atomic E-state index is 13.5. The summed E-state index contributed by atoms with van der Waals surface area (Å²) in [5.74, 6) is 1.12. The van der Waals surface area contributed by atoms with Crippen molar-refractivity contribution in [1.29, 1.82) is 0 Å². The quantitative estimate of drug-likeness (QED) is 0.918. The first-order valence-electron chi connectivity index (χ1n) is 7.97. The Hall–Kier alpha value is -1.50. The Kier molecular flexibility index (Phi) is 5.96. The maximum Gasteiger partial charge on any atom is 0.232 e. The summed E-state index contributed by atoms with van der Waals surface area (Å²) in [6.45, 7) is 9.28. The highest BCUT2D eigenvalue weighted by molar-refractivity contribution is 5.85. The number of nitrogens with zero attached hydrogens (tertiary/aromatic N) is 3. The Bertz CT molecular complexity index is 671. The first kappa shape index (κ1) is 18.8. The lowest BCUT2D eigenvalue weighted by Gasteiger charge is -2.35. The fourth-order valence-electron chi connectivity index (χ4n) is 2.78. The molecule has 0 radical (unpaired) electrons. The van der Waals surface area contributed by atoms with E-state index in [0.717, 1.165) is 25.2 Å². The van der Waals surface area contributed by atoms with Gasteiger partial charge >= 0.3 is 0 Å². The zero-order chi connectivity index (χ0) is 16.4. The first-order chi connectivity index (χ1) is 10.9. The lowest BCUT2D eigenvalue weighted by atomic mass is 9.97. The summed E-state index contributed by atoms with van der Waals surface area (Å²) >= 11 is 0. The molecule has 24 heavy (non-hydrogen) atoms. The molecule has 1 saturated heterocycles. The molecular formula is C17H24ClFN4O. The zero-order valence-corrected chi connectivity index (χ0v) is 15.1. The molecule has 0 saturated carbocycles. The van der Waals surface area contributed by atoms with Crippen LogP contribution in [0.4, 0.5) is 4.39 Å². The van der Waals surface area contributed by atoms with Crippen molar-refractivity contribution in [2.75, 3.05) is 19.6 Å². The van der Waals surface area contributed by atoms with E-state index in [-0.39, 0.29) is 29.7 Å². The van der Waals surface area contributed by atoms with E-state index in [1.54, 1.807) is 12.1 Å². The third kappa shape index (κ3) is 4.32. The predicted octanol–water partition coefficient (Wildman–Crippen LogP) is 3.07. The average Bonchev–Trinajstić information content (AvgIpc) is 2.96. The molecule has 1 atom stereocenters. The topological polar surface area (TPSA) is 54.2 Å². The van der Waals surface area contributed by atoms with Crippen LogP contribution in [0.25, 0.3) is 0 Å². The summed E-state index contributed by atoms with van der Waals surface area (Å²) < 4.78 is 18.9. The van der Waals surface area contributed by atoms with Crippen LogP contribution in [0.3, 0.4) is 0 Å². The van der Waals surface area contributed by atoms with Crippen LogP contribution >= 0.6 is 12.4 Å². The number of piperazine rings is 1. The van der Waals surface area contributed by atoms with Crippen molar-refractivity contribution in [2.45, 2.75) is 38.8 Å². The second kappa shape index (κ2) is 7.59. The standard InChI is InChI=1S/C17H23FN4O.ClH/c1-17(2,3)16-20-15(21-23-16)11-22-8-7-19-10-14(22)12-5-4-6-13(18)9-12;/h4-6,9,14,19H,7-8,10-11H2,1-3H3;1H. The molecule has 5 nitrogen and oxygen atoms in total. The summed E-state index contributed by atoms with van der Waals surface area (Å²) in [5.41, 5.74) is 0.813. The van der Waals surface area contributed by atoms with Crippen LogP contribution in [-0.4, -0.2) is 34.7 Å². The lowest BCUT2D eigenvalue weighted by Crippen LogP contribution is -2.45. The van der Waals surface area contributed by atoms with Gasteiger partial charge in [-0.05, 0) is 17.7 Å². The van der Waals surface area contributed by atoms with Crippen molar-refractivity contribution in [3.05, 3.63) is 47.4 Å². The average molecular weight is 355 g/mol. The summed E-state index contributed by atoms with van der Waals surface area (Å²) in [6, 6.07) is 6.89. The molecule has 0 bridgehead atoms. The van der Waals surface area contributed by atoms with Crippen molar-refractivity contribution >= 4 is 12.4 Å². The molecule has 2 heterocycles. The van der Waals surface area contributed by atoms with Crippen molar-refractivity contribution in [2.24, 2.45) is 0 Å². The molecule has 1 unspecified atom stereocenters. The van der Waals surface area contributed by atoms with Crippen LogP contribution in [0, 0.1) is 5.82 Å². The van der Waals surface area contributed by atoms with E-state index in [2.05, 4.69) is 20.4 Å². The molecule has 1 aliphatic rings. The molecule has 1 aliphatic heterocycles. The highest BCUT2D eigenvalue weighted by Crippen LogP contribution is 2.25. The van der Waals surface area contributed by atoms with Gasteiger partial charge in [0, 0.05) is 31.1 Å². The van der Waals surface area contributed by atoms with Crippen molar-refractivity contribution < 1.29 is 8.91 Å². The second-order valence-electron chi connectivity index (χ2n) is 7.01. The number of halogens is 2. The number of nitrogens with one attached hydrogen (secondary N) is 1. The normalized spacial score (nSPS) is 19.1. The fraction of sp³-hybridized carbons (Fsp3) is 0.529. The van der Waals surface area contributed by atoms with Gasteiger partial charge < -0.3 is 9.84 Å². The Morgan fingerprint density at radius 2 is 2.17 bits per heavy atom. The highest BCUT2D eigenvalue weighted by Gasteiger charge is 2.27. The van der Waals surface area contributed by atoms with Crippen molar-refractivity contribution in [3.63, 3.8) is 0 Å². The van der Waals surface area contributed by atoms with E-state index < -0.39 is 0 Å². The van der Waals surface area contributed by atoms with Crippen LogP contribution in [0.5, 0.6) is 0 Å². The molecule has 7 heteroatoms. The maximum absolute atomic E-state index is 13.5. The minimum Gasteiger partial charge on any atom is -0.339 e. The van der Waals surface area contributed by atoms with E-state index in [4.69, 9.17) is 4.52 Å².